The molecule has 5 nitrogen and oxygen atoms in total. The van der Waals surface area contributed by atoms with Crippen LogP contribution in [-0.2, 0) is 6.42 Å². The molecule has 1 aromatic carbocycles. The SMILES string of the molecule is COc1ccc(Br)c(C(=O)NCCCc2cn[nH]c2C)c1. The quantitative estimate of drug-likeness (QED) is 0.786. The van der Waals surface area contributed by atoms with Crippen LogP contribution in [-0.4, -0.2) is 29.8 Å². The summed E-state index contributed by atoms with van der Waals surface area (Å²) in [4.78, 5) is 12.1. The second kappa shape index (κ2) is 7.26. The monoisotopic (exact) mass is 351 g/mol. The van der Waals surface area contributed by atoms with Gasteiger partial charge in [-0.3, -0.25) is 9.89 Å². The minimum Gasteiger partial charge on any atom is -0.497 e. The highest BCUT2D eigenvalue weighted by Crippen LogP contribution is 2.22. The van der Waals surface area contributed by atoms with Gasteiger partial charge in [-0.25, -0.2) is 0 Å². The molecule has 0 saturated carbocycles. The number of aromatic nitrogens is 2. The first-order valence-electron chi connectivity index (χ1n) is 6.72. The third kappa shape index (κ3) is 4.07. The van der Waals surface area contributed by atoms with Crippen LogP contribution in [0, 0.1) is 6.92 Å². The molecule has 0 atom stereocenters. The maximum absolute atomic E-state index is 12.1. The smallest absolute Gasteiger partial charge is 0.252 e. The summed E-state index contributed by atoms with van der Waals surface area (Å²) in [6.45, 7) is 2.61. The molecule has 1 amide bonds. The number of ether oxygens (including phenoxy) is 1. The second-order valence-corrected chi connectivity index (χ2v) is 5.58. The maximum Gasteiger partial charge on any atom is 0.252 e. The average Bonchev–Trinajstić information content (AvgIpc) is 2.89. The summed E-state index contributed by atoms with van der Waals surface area (Å²) in [5.74, 6) is 0.557. The fourth-order valence-electron chi connectivity index (χ4n) is 2.01. The maximum atomic E-state index is 12.1. The molecular formula is C15H18BrN3O2. The van der Waals surface area contributed by atoms with Crippen molar-refractivity contribution in [1.82, 2.24) is 15.5 Å². The van der Waals surface area contributed by atoms with Crippen LogP contribution >= 0.6 is 15.9 Å². The van der Waals surface area contributed by atoms with Gasteiger partial charge >= 0.3 is 0 Å². The molecule has 112 valence electrons. The van der Waals surface area contributed by atoms with Gasteiger partial charge in [0.05, 0.1) is 18.9 Å². The first-order valence-corrected chi connectivity index (χ1v) is 7.51. The van der Waals surface area contributed by atoms with E-state index < -0.39 is 0 Å². The number of H-pyrrole nitrogens is 1. The molecule has 0 spiro atoms. The van der Waals surface area contributed by atoms with E-state index in [1.165, 1.54) is 5.56 Å². The van der Waals surface area contributed by atoms with Crippen LogP contribution in [0.15, 0.2) is 28.9 Å². The van der Waals surface area contributed by atoms with Crippen molar-refractivity contribution in [3.63, 3.8) is 0 Å². The molecule has 0 aliphatic rings. The van der Waals surface area contributed by atoms with Gasteiger partial charge < -0.3 is 10.1 Å². The van der Waals surface area contributed by atoms with Crippen molar-refractivity contribution in [3.05, 3.63) is 45.7 Å². The van der Waals surface area contributed by atoms with Gasteiger partial charge in [0, 0.05) is 16.7 Å². The molecule has 0 bridgehead atoms. The van der Waals surface area contributed by atoms with Crippen LogP contribution in [0.25, 0.3) is 0 Å². The van der Waals surface area contributed by atoms with E-state index >= 15 is 0 Å². The van der Waals surface area contributed by atoms with Crippen molar-refractivity contribution in [2.24, 2.45) is 0 Å². The Hall–Kier alpha value is -1.82. The number of carbonyl (C=O) groups excluding carboxylic acids is 1. The molecule has 0 unspecified atom stereocenters. The lowest BCUT2D eigenvalue weighted by Crippen LogP contribution is -2.25. The molecule has 0 fully saturated rings. The molecule has 2 aromatic rings. The lowest BCUT2D eigenvalue weighted by Gasteiger charge is -2.08. The van der Waals surface area contributed by atoms with Crippen LogP contribution in [0.4, 0.5) is 0 Å². The molecule has 0 aliphatic heterocycles. The molecule has 0 aliphatic carbocycles. The number of hydrogen-bond acceptors (Lipinski definition) is 3. The Morgan fingerprint density at radius 1 is 1.48 bits per heavy atom. The Balaban J connectivity index is 1.86. The molecule has 2 rings (SSSR count). The molecule has 0 saturated heterocycles. The highest BCUT2D eigenvalue weighted by Gasteiger charge is 2.11. The number of methoxy groups -OCH3 is 1. The number of nitrogens with one attached hydrogen (secondary N) is 2. The summed E-state index contributed by atoms with van der Waals surface area (Å²) >= 11 is 3.38. The van der Waals surface area contributed by atoms with E-state index in [0.29, 0.717) is 17.9 Å². The Morgan fingerprint density at radius 3 is 2.95 bits per heavy atom. The van der Waals surface area contributed by atoms with Gasteiger partial charge in [-0.05, 0) is 59.5 Å². The number of amides is 1. The van der Waals surface area contributed by atoms with Crippen molar-refractivity contribution in [2.45, 2.75) is 19.8 Å². The summed E-state index contributed by atoms with van der Waals surface area (Å²) in [7, 11) is 1.58. The Morgan fingerprint density at radius 2 is 2.29 bits per heavy atom. The summed E-state index contributed by atoms with van der Waals surface area (Å²) in [6.07, 6.45) is 3.59. The highest BCUT2D eigenvalue weighted by atomic mass is 79.9. The van der Waals surface area contributed by atoms with Crippen LogP contribution in [0.5, 0.6) is 5.75 Å². The minimum atomic E-state index is -0.107. The third-order valence-electron chi connectivity index (χ3n) is 3.26. The minimum absolute atomic E-state index is 0.107. The number of halogens is 1. The Kier molecular flexibility index (Phi) is 5.38. The van der Waals surface area contributed by atoms with Crippen molar-refractivity contribution in [3.8, 4) is 5.75 Å². The zero-order valence-corrected chi connectivity index (χ0v) is 13.7. The second-order valence-electron chi connectivity index (χ2n) is 4.73. The molecule has 0 radical (unpaired) electrons. The largest absolute Gasteiger partial charge is 0.497 e. The van der Waals surface area contributed by atoms with Gasteiger partial charge in [0.15, 0.2) is 0 Å². The van der Waals surface area contributed by atoms with Crippen molar-refractivity contribution in [2.75, 3.05) is 13.7 Å². The zero-order valence-electron chi connectivity index (χ0n) is 12.1. The van der Waals surface area contributed by atoms with Gasteiger partial charge in [0.2, 0.25) is 0 Å². The Bertz CT molecular complexity index is 625. The molecule has 2 N–H and O–H groups in total. The van der Waals surface area contributed by atoms with Crippen LogP contribution in [0.2, 0.25) is 0 Å². The number of aryl methyl sites for hydroxylation is 2. The van der Waals surface area contributed by atoms with Gasteiger partial charge in [-0.2, -0.15) is 5.10 Å². The summed E-state index contributed by atoms with van der Waals surface area (Å²) in [5, 5.41) is 9.81. The number of rotatable bonds is 6. The van der Waals surface area contributed by atoms with E-state index in [-0.39, 0.29) is 5.91 Å². The van der Waals surface area contributed by atoms with Crippen LogP contribution in [0.3, 0.4) is 0 Å². The van der Waals surface area contributed by atoms with Crippen molar-refractivity contribution >= 4 is 21.8 Å². The topological polar surface area (TPSA) is 67.0 Å². The molecule has 6 heteroatoms. The van der Waals surface area contributed by atoms with E-state index in [1.54, 1.807) is 13.2 Å². The Labute approximate surface area is 132 Å². The normalized spacial score (nSPS) is 10.4. The van der Waals surface area contributed by atoms with Gasteiger partial charge in [0.1, 0.15) is 5.75 Å². The molecule has 1 aromatic heterocycles. The third-order valence-corrected chi connectivity index (χ3v) is 3.95. The summed E-state index contributed by atoms with van der Waals surface area (Å²) in [5.41, 5.74) is 2.84. The average molecular weight is 352 g/mol. The lowest BCUT2D eigenvalue weighted by molar-refractivity contribution is 0.0952. The lowest BCUT2D eigenvalue weighted by atomic mass is 10.1. The molecule has 1 heterocycles. The van der Waals surface area contributed by atoms with Gasteiger partial charge in [0.25, 0.3) is 5.91 Å². The number of carbonyl (C=O) groups is 1. The number of aromatic amines is 1. The first kappa shape index (κ1) is 15.6. The van der Waals surface area contributed by atoms with Crippen LogP contribution in [0.1, 0.15) is 28.0 Å². The zero-order chi connectivity index (χ0) is 15.2. The highest BCUT2D eigenvalue weighted by molar-refractivity contribution is 9.10. The molecular weight excluding hydrogens is 334 g/mol. The van der Waals surface area contributed by atoms with E-state index in [4.69, 9.17) is 4.74 Å². The predicted octanol–water partition coefficient (Wildman–Crippen LogP) is 2.85. The fraction of sp³-hybridized carbons (Fsp3) is 0.333. The fourth-order valence-corrected chi connectivity index (χ4v) is 2.44. The summed E-state index contributed by atoms with van der Waals surface area (Å²) in [6, 6.07) is 5.34. The summed E-state index contributed by atoms with van der Waals surface area (Å²) < 4.78 is 5.89. The predicted molar refractivity (Wildman–Crippen MR) is 84.7 cm³/mol. The van der Waals surface area contributed by atoms with Gasteiger partial charge in [-0.15, -0.1) is 0 Å². The van der Waals surface area contributed by atoms with E-state index in [9.17, 15) is 4.79 Å². The standard InChI is InChI=1S/C15H18BrN3O2/c1-10-11(9-18-19-10)4-3-7-17-15(20)13-8-12(21-2)5-6-14(13)16/h5-6,8-9H,3-4,7H2,1-2H3,(H,17,20)(H,18,19). The van der Waals surface area contributed by atoms with Crippen molar-refractivity contribution < 1.29 is 9.53 Å². The number of benzene rings is 1. The first-order chi connectivity index (χ1) is 10.1. The molecule has 21 heavy (non-hydrogen) atoms. The number of nitrogens with zero attached hydrogens (tertiary/aromatic N) is 1. The van der Waals surface area contributed by atoms with E-state index in [0.717, 1.165) is 23.0 Å². The van der Waals surface area contributed by atoms with E-state index in [1.807, 2.05) is 25.3 Å². The van der Waals surface area contributed by atoms with Gasteiger partial charge in [-0.1, -0.05) is 0 Å². The van der Waals surface area contributed by atoms with Crippen LogP contribution < -0.4 is 10.1 Å². The van der Waals surface area contributed by atoms with E-state index in [2.05, 4.69) is 31.4 Å². The number of hydrogen-bond donors (Lipinski definition) is 2. The van der Waals surface area contributed by atoms with Crippen molar-refractivity contribution in [1.29, 1.82) is 0 Å².